The van der Waals surface area contributed by atoms with Crippen LogP contribution in [0.3, 0.4) is 0 Å². The first-order chi connectivity index (χ1) is 5.70. The highest BCUT2D eigenvalue weighted by Gasteiger charge is 2.44. The minimum atomic E-state index is -0.483. The molecule has 0 amide bonds. The van der Waals surface area contributed by atoms with Crippen molar-refractivity contribution in [2.75, 3.05) is 6.61 Å². The number of aliphatic hydroxyl groups excluding tert-OH is 1. The molecule has 0 radical (unpaired) electrons. The molecule has 5 atom stereocenters. The molecule has 1 heterocycles. The highest BCUT2D eigenvalue weighted by atomic mass is 16.6. The minimum Gasteiger partial charge on any atom is -0.368 e. The van der Waals surface area contributed by atoms with E-state index in [0.717, 1.165) is 6.61 Å². The summed E-state index contributed by atoms with van der Waals surface area (Å²) >= 11 is 0. The van der Waals surface area contributed by atoms with E-state index in [2.05, 4.69) is 13.8 Å². The van der Waals surface area contributed by atoms with Crippen LogP contribution in [-0.2, 0) is 4.74 Å². The maximum absolute atomic E-state index is 9.65. The van der Waals surface area contributed by atoms with Crippen LogP contribution in [0.4, 0.5) is 0 Å². The van der Waals surface area contributed by atoms with Gasteiger partial charge in [0, 0.05) is 5.92 Å². The molecule has 0 spiro atoms. The Labute approximate surface area is 73.9 Å². The molecule has 0 aromatic heterocycles. The molecule has 1 saturated carbocycles. The van der Waals surface area contributed by atoms with Crippen molar-refractivity contribution in [3.63, 3.8) is 0 Å². The van der Waals surface area contributed by atoms with Gasteiger partial charge in [0.05, 0.1) is 6.61 Å². The Balaban J connectivity index is 2.13. The van der Waals surface area contributed by atoms with Gasteiger partial charge in [-0.2, -0.15) is 0 Å². The van der Waals surface area contributed by atoms with Gasteiger partial charge in [0.2, 0.25) is 0 Å². The summed E-state index contributed by atoms with van der Waals surface area (Å²) in [5, 5.41) is 9.65. The molecule has 0 bridgehead atoms. The first kappa shape index (κ1) is 8.52. The summed E-state index contributed by atoms with van der Waals surface area (Å²) in [5.41, 5.74) is 0. The fourth-order valence-corrected chi connectivity index (χ4v) is 2.90. The Hall–Kier alpha value is -0.0800. The van der Waals surface area contributed by atoms with Gasteiger partial charge in [-0.3, -0.25) is 0 Å². The number of ether oxygens (including phenoxy) is 1. The lowest BCUT2D eigenvalue weighted by molar-refractivity contribution is -0.195. The molecule has 2 nitrogen and oxygen atoms in total. The first-order valence-electron chi connectivity index (χ1n) is 5.00. The first-order valence-corrected chi connectivity index (χ1v) is 5.00. The van der Waals surface area contributed by atoms with Crippen molar-refractivity contribution in [2.24, 2.45) is 23.7 Å². The molecule has 70 valence electrons. The van der Waals surface area contributed by atoms with Crippen molar-refractivity contribution in [3.05, 3.63) is 0 Å². The Bertz CT molecular complexity index is 169. The fourth-order valence-electron chi connectivity index (χ4n) is 2.90. The van der Waals surface area contributed by atoms with Gasteiger partial charge in [0.15, 0.2) is 6.29 Å². The quantitative estimate of drug-likeness (QED) is 0.598. The topological polar surface area (TPSA) is 29.5 Å². The highest BCUT2D eigenvalue weighted by molar-refractivity contribution is 4.89. The Kier molecular flexibility index (Phi) is 2.13. The molecule has 1 aliphatic carbocycles. The summed E-state index contributed by atoms with van der Waals surface area (Å²) in [6.45, 7) is 5.21. The smallest absolute Gasteiger partial charge is 0.157 e. The molecule has 2 heteroatoms. The second-order valence-corrected chi connectivity index (χ2v) is 4.50. The molecule has 1 N–H and O–H groups in total. The predicted molar refractivity (Wildman–Crippen MR) is 46.5 cm³/mol. The van der Waals surface area contributed by atoms with Gasteiger partial charge in [-0.1, -0.05) is 13.8 Å². The van der Waals surface area contributed by atoms with Crippen LogP contribution in [0, 0.1) is 23.7 Å². The second-order valence-electron chi connectivity index (χ2n) is 4.50. The van der Waals surface area contributed by atoms with E-state index < -0.39 is 6.29 Å². The van der Waals surface area contributed by atoms with Crippen molar-refractivity contribution < 1.29 is 9.84 Å². The minimum absolute atomic E-state index is 0.411. The Morgan fingerprint density at radius 1 is 1.17 bits per heavy atom. The fraction of sp³-hybridized carbons (Fsp3) is 1.00. The molecule has 2 aliphatic rings. The molecule has 2 fully saturated rings. The summed E-state index contributed by atoms with van der Waals surface area (Å²) in [7, 11) is 0. The van der Waals surface area contributed by atoms with E-state index in [9.17, 15) is 5.11 Å². The van der Waals surface area contributed by atoms with Crippen LogP contribution in [-0.4, -0.2) is 18.0 Å². The van der Waals surface area contributed by atoms with Crippen LogP contribution in [0.15, 0.2) is 0 Å². The highest BCUT2D eigenvalue weighted by Crippen LogP contribution is 2.45. The Morgan fingerprint density at radius 3 is 2.58 bits per heavy atom. The number of fused-ring (bicyclic) bond motifs is 1. The van der Waals surface area contributed by atoms with Crippen molar-refractivity contribution in [1.82, 2.24) is 0 Å². The van der Waals surface area contributed by atoms with Crippen molar-refractivity contribution in [2.45, 2.75) is 33.0 Å². The number of hydrogen-bond acceptors (Lipinski definition) is 2. The van der Waals surface area contributed by atoms with Crippen LogP contribution in [0.1, 0.15) is 26.7 Å². The normalized spacial score (nSPS) is 53.8. The van der Waals surface area contributed by atoms with Gasteiger partial charge in [0.25, 0.3) is 0 Å². The lowest BCUT2D eigenvalue weighted by Gasteiger charge is -2.37. The SMILES string of the molecule is C[C@@H]1CC[C@H]2[C@H]1[C@@H](O)OC[C@@H]2C. The number of aliphatic hydroxyl groups is 1. The largest absolute Gasteiger partial charge is 0.368 e. The van der Waals surface area contributed by atoms with Gasteiger partial charge in [0.1, 0.15) is 0 Å². The van der Waals surface area contributed by atoms with Gasteiger partial charge >= 0.3 is 0 Å². The molecule has 2 rings (SSSR count). The third-order valence-corrected chi connectivity index (χ3v) is 3.70. The second kappa shape index (κ2) is 3.00. The van der Waals surface area contributed by atoms with Crippen molar-refractivity contribution in [3.8, 4) is 0 Å². The monoisotopic (exact) mass is 170 g/mol. The molecule has 0 unspecified atom stereocenters. The van der Waals surface area contributed by atoms with E-state index in [1.165, 1.54) is 12.8 Å². The van der Waals surface area contributed by atoms with E-state index in [1.807, 2.05) is 0 Å². The van der Waals surface area contributed by atoms with Gasteiger partial charge < -0.3 is 9.84 Å². The standard InChI is InChI=1S/C10H18O2/c1-6-3-4-8-7(2)5-12-10(11)9(6)8/h6-11H,3-5H2,1-2H3/t6-,7+,8-,9+,10+/m1/s1. The van der Waals surface area contributed by atoms with E-state index in [0.29, 0.717) is 23.7 Å². The average molecular weight is 170 g/mol. The van der Waals surface area contributed by atoms with Crippen LogP contribution in [0.25, 0.3) is 0 Å². The van der Waals surface area contributed by atoms with Gasteiger partial charge in [-0.25, -0.2) is 0 Å². The van der Waals surface area contributed by atoms with E-state index >= 15 is 0 Å². The average Bonchev–Trinajstić information content (AvgIpc) is 2.42. The molecule has 0 aromatic rings. The molecule has 0 aromatic carbocycles. The lowest BCUT2D eigenvalue weighted by Crippen LogP contribution is -2.40. The summed E-state index contributed by atoms with van der Waals surface area (Å²) < 4.78 is 5.33. The molecule has 12 heavy (non-hydrogen) atoms. The third-order valence-electron chi connectivity index (χ3n) is 3.70. The zero-order valence-corrected chi connectivity index (χ0v) is 7.86. The maximum Gasteiger partial charge on any atom is 0.157 e. The molecular weight excluding hydrogens is 152 g/mol. The lowest BCUT2D eigenvalue weighted by atomic mass is 9.80. The summed E-state index contributed by atoms with van der Waals surface area (Å²) in [6, 6.07) is 0. The van der Waals surface area contributed by atoms with E-state index in [1.54, 1.807) is 0 Å². The van der Waals surface area contributed by atoms with Crippen LogP contribution in [0.5, 0.6) is 0 Å². The molecular formula is C10H18O2. The zero-order valence-electron chi connectivity index (χ0n) is 7.86. The summed E-state index contributed by atoms with van der Waals surface area (Å²) in [6.07, 6.45) is 2.07. The molecule has 1 aliphatic heterocycles. The van der Waals surface area contributed by atoms with Gasteiger partial charge in [-0.05, 0) is 30.6 Å². The van der Waals surface area contributed by atoms with Crippen molar-refractivity contribution in [1.29, 1.82) is 0 Å². The van der Waals surface area contributed by atoms with Crippen molar-refractivity contribution >= 4 is 0 Å². The van der Waals surface area contributed by atoms with Crippen LogP contribution >= 0.6 is 0 Å². The maximum atomic E-state index is 9.65. The summed E-state index contributed by atoms with van der Waals surface area (Å²) in [5.74, 6) is 2.41. The van der Waals surface area contributed by atoms with Crippen LogP contribution < -0.4 is 0 Å². The Morgan fingerprint density at radius 2 is 1.92 bits per heavy atom. The third kappa shape index (κ3) is 1.17. The predicted octanol–water partition coefficient (Wildman–Crippen LogP) is 1.63. The number of hydrogen-bond donors (Lipinski definition) is 1. The summed E-state index contributed by atoms with van der Waals surface area (Å²) in [4.78, 5) is 0. The zero-order chi connectivity index (χ0) is 8.72. The molecule has 1 saturated heterocycles. The van der Waals surface area contributed by atoms with E-state index in [4.69, 9.17) is 4.74 Å². The number of rotatable bonds is 0. The van der Waals surface area contributed by atoms with E-state index in [-0.39, 0.29) is 0 Å². The van der Waals surface area contributed by atoms with Gasteiger partial charge in [-0.15, -0.1) is 0 Å². The van der Waals surface area contributed by atoms with Crippen LogP contribution in [0.2, 0.25) is 0 Å².